The number of esters is 2. The minimum absolute atomic E-state index is 0.0350. The van der Waals surface area contributed by atoms with E-state index in [-0.39, 0.29) is 45.2 Å². The first-order valence-electron chi connectivity index (χ1n) is 15.6. The van der Waals surface area contributed by atoms with Crippen LogP contribution < -0.4 is 20.5 Å². The Kier molecular flexibility index (Phi) is 12.2. The lowest BCUT2D eigenvalue weighted by Crippen LogP contribution is -2.71. The van der Waals surface area contributed by atoms with E-state index in [2.05, 4.69) is 20.4 Å². The molecule has 290 valence electrons. The Morgan fingerprint density at radius 2 is 1.76 bits per heavy atom. The monoisotopic (exact) mass is 834 g/mol. The Balaban J connectivity index is 1.36. The number of carboxylic acids is 3. The summed E-state index contributed by atoms with van der Waals surface area (Å²) in [5, 5.41) is 36.1. The van der Waals surface area contributed by atoms with Crippen molar-refractivity contribution in [1.29, 1.82) is 0 Å². The van der Waals surface area contributed by atoms with Crippen LogP contribution in [0.4, 0.5) is 5.13 Å². The van der Waals surface area contributed by atoms with Gasteiger partial charge in [0.25, 0.3) is 11.8 Å². The molecule has 2 atom stereocenters. The maximum absolute atomic E-state index is 13.4. The van der Waals surface area contributed by atoms with Crippen LogP contribution in [-0.4, -0.2) is 106 Å². The summed E-state index contributed by atoms with van der Waals surface area (Å²) in [4.78, 5) is 101. The molecule has 0 saturated carbocycles. The van der Waals surface area contributed by atoms with Gasteiger partial charge in [0.2, 0.25) is 5.60 Å². The number of aromatic nitrogens is 2. The van der Waals surface area contributed by atoms with Gasteiger partial charge in [-0.05, 0) is 37.6 Å². The number of ether oxygens (including phenoxy) is 2. The third kappa shape index (κ3) is 9.24. The molecule has 2 aromatic heterocycles. The molecule has 1 fully saturated rings. The molecular weight excluding hydrogens is 805 g/mol. The van der Waals surface area contributed by atoms with Gasteiger partial charge in [0.15, 0.2) is 26.7 Å². The number of amides is 2. The number of carboxylic acid groups (broad SMARTS) is 3. The lowest BCUT2D eigenvalue weighted by molar-refractivity contribution is -0.161. The second-order valence-corrected chi connectivity index (χ2v) is 16.3. The third-order valence-corrected chi connectivity index (χ3v) is 11.8. The molecule has 23 heteroatoms. The number of nitrogens with one attached hydrogen (secondary N) is 1. The van der Waals surface area contributed by atoms with Gasteiger partial charge in [-0.1, -0.05) is 16.9 Å². The first-order chi connectivity index (χ1) is 25.9. The molecule has 0 unspecified atom stereocenters. The lowest BCUT2D eigenvalue weighted by atomic mass is 10.0. The highest BCUT2D eigenvalue weighted by Crippen LogP contribution is 2.43. The van der Waals surface area contributed by atoms with E-state index < -0.39 is 70.8 Å². The van der Waals surface area contributed by atoms with Gasteiger partial charge in [-0.25, -0.2) is 19.6 Å². The van der Waals surface area contributed by atoms with Gasteiger partial charge >= 0.3 is 29.8 Å². The zero-order valence-electron chi connectivity index (χ0n) is 29.0. The number of oxime groups is 1. The molecule has 1 saturated heterocycles. The average Bonchev–Trinajstić information content (AvgIpc) is 3.71. The number of nitrogen functional groups attached to an aromatic ring is 1. The predicted molar refractivity (Wildman–Crippen MR) is 198 cm³/mol. The van der Waals surface area contributed by atoms with Gasteiger partial charge < -0.3 is 40.7 Å². The molecule has 2 aliphatic heterocycles. The summed E-state index contributed by atoms with van der Waals surface area (Å²) in [5.41, 5.74) is 4.09. The van der Waals surface area contributed by atoms with Gasteiger partial charge in [-0.15, -0.1) is 34.4 Å². The van der Waals surface area contributed by atoms with Gasteiger partial charge in [-0.3, -0.25) is 28.9 Å². The number of aliphatic carboxylic acids is 3. The van der Waals surface area contributed by atoms with E-state index in [9.17, 15) is 48.9 Å². The minimum Gasteiger partial charge on any atom is -0.481 e. The van der Waals surface area contributed by atoms with Gasteiger partial charge in [0, 0.05) is 41.2 Å². The SMILES string of the molecule is CC(=O)Oc1ccc(-c2nc(SCC3=C(C(=O)O)N4C(=O)[C@@H](NC(=O)C(=NOC(C)(C)C(=O)O)c5csc(N)n5)[C@H]4SC3)sc2CC(=O)O)cc1OC(C)=O. The summed E-state index contributed by atoms with van der Waals surface area (Å²) in [7, 11) is 0. The van der Waals surface area contributed by atoms with Crippen molar-refractivity contribution >= 4 is 98.7 Å². The van der Waals surface area contributed by atoms with Crippen LogP contribution >= 0.6 is 46.2 Å². The molecule has 0 aliphatic carbocycles. The number of carbonyl (C=O) groups is 7. The highest BCUT2D eigenvalue weighted by atomic mass is 32.2. The van der Waals surface area contributed by atoms with Crippen LogP contribution in [0.15, 0.2) is 44.3 Å². The van der Waals surface area contributed by atoms with Gasteiger partial charge in [-0.2, -0.15) is 0 Å². The molecule has 6 N–H and O–H groups in total. The summed E-state index contributed by atoms with van der Waals surface area (Å²) in [6, 6.07) is 3.09. The molecule has 4 heterocycles. The first kappa shape index (κ1) is 40.7. The zero-order valence-corrected chi connectivity index (χ0v) is 32.3. The van der Waals surface area contributed by atoms with Crippen molar-refractivity contribution in [3.05, 3.63) is 45.4 Å². The van der Waals surface area contributed by atoms with Crippen molar-refractivity contribution in [2.45, 2.75) is 55.5 Å². The standard InChI is InChI=1S/C32H30N6O13S4/c1-12(39)49-17-6-5-14(7-18(17)50-13(2)40)21-19(8-20(41)42)55-31(36-21)54-10-15-9-52-27-23(26(44)38(27)24(15)28(45)46)35-25(43)22(16-11-53-30(33)34-16)37-51-32(3,4)29(47)48/h5-7,11,23,27H,8-10H2,1-4H3,(H2,33,34)(H,35,43)(H,41,42)(H,45,46)(H,47,48)/t23-,27-/m1/s1. The number of carbonyl (C=O) groups excluding carboxylic acids is 4. The third-order valence-electron chi connectivity index (χ3n) is 7.48. The van der Waals surface area contributed by atoms with Crippen molar-refractivity contribution in [3.8, 4) is 22.8 Å². The number of β-lactam (4-membered cyclic amide) rings is 1. The minimum atomic E-state index is -1.82. The second kappa shape index (κ2) is 16.5. The number of thioether (sulfide) groups is 2. The van der Waals surface area contributed by atoms with Crippen molar-refractivity contribution in [3.63, 3.8) is 0 Å². The number of benzene rings is 1. The molecule has 19 nitrogen and oxygen atoms in total. The van der Waals surface area contributed by atoms with Crippen molar-refractivity contribution in [1.82, 2.24) is 20.2 Å². The molecule has 2 amide bonds. The van der Waals surface area contributed by atoms with E-state index in [1.807, 2.05) is 0 Å². The van der Waals surface area contributed by atoms with Gasteiger partial charge in [0.1, 0.15) is 22.8 Å². The average molecular weight is 835 g/mol. The molecule has 2 aliphatic rings. The van der Waals surface area contributed by atoms with E-state index >= 15 is 0 Å². The fraction of sp³-hybridized carbons (Fsp3) is 0.312. The van der Waals surface area contributed by atoms with Crippen LogP contribution in [0, 0.1) is 0 Å². The summed E-state index contributed by atoms with van der Waals surface area (Å²) in [5.74, 6) is -6.86. The quantitative estimate of drug-likeness (QED) is 0.0367. The number of rotatable bonds is 15. The molecular formula is C32H30N6O13S4. The lowest BCUT2D eigenvalue weighted by Gasteiger charge is -2.49. The Labute approximate surface area is 326 Å². The number of hydrogen-bond acceptors (Lipinski definition) is 18. The molecule has 55 heavy (non-hydrogen) atoms. The first-order valence-corrected chi connectivity index (χ1v) is 19.4. The second-order valence-electron chi connectivity index (χ2n) is 12.0. The zero-order chi connectivity index (χ0) is 40.4. The number of anilines is 1. The molecule has 0 radical (unpaired) electrons. The maximum atomic E-state index is 13.4. The molecule has 5 rings (SSSR count). The molecule has 1 aromatic carbocycles. The highest BCUT2D eigenvalue weighted by Gasteiger charge is 2.54. The molecule has 3 aromatic rings. The fourth-order valence-electron chi connectivity index (χ4n) is 4.96. The van der Waals surface area contributed by atoms with Crippen LogP contribution in [0.5, 0.6) is 11.5 Å². The van der Waals surface area contributed by atoms with Crippen LogP contribution in [0.3, 0.4) is 0 Å². The van der Waals surface area contributed by atoms with Crippen molar-refractivity contribution in [2.75, 3.05) is 17.2 Å². The van der Waals surface area contributed by atoms with Crippen molar-refractivity contribution in [2.24, 2.45) is 5.16 Å². The van der Waals surface area contributed by atoms with Crippen LogP contribution in [0.25, 0.3) is 11.3 Å². The topological polar surface area (TPSA) is 287 Å². The number of hydrogen-bond donors (Lipinski definition) is 5. The number of thiazole rings is 2. The smallest absolute Gasteiger partial charge is 0.352 e. The van der Waals surface area contributed by atoms with E-state index in [1.54, 1.807) is 0 Å². The normalized spacial score (nSPS) is 16.8. The van der Waals surface area contributed by atoms with E-state index in [1.165, 1.54) is 56.1 Å². The Morgan fingerprint density at radius 3 is 2.36 bits per heavy atom. The predicted octanol–water partition coefficient (Wildman–Crippen LogP) is 2.44. The largest absolute Gasteiger partial charge is 0.481 e. The van der Waals surface area contributed by atoms with E-state index in [0.29, 0.717) is 20.4 Å². The fourth-order valence-corrected chi connectivity index (χ4v) is 9.19. The number of nitrogens with two attached hydrogens (primary N) is 1. The summed E-state index contributed by atoms with van der Waals surface area (Å²) in [6.07, 6.45) is -0.413. The van der Waals surface area contributed by atoms with Gasteiger partial charge in [0.05, 0.1) is 12.1 Å². The van der Waals surface area contributed by atoms with E-state index in [4.69, 9.17) is 20.0 Å². The molecule has 0 spiro atoms. The highest BCUT2D eigenvalue weighted by molar-refractivity contribution is 8.01. The van der Waals surface area contributed by atoms with Crippen LogP contribution in [0.1, 0.15) is 38.3 Å². The number of nitrogens with zero attached hydrogens (tertiary/aromatic N) is 4. The summed E-state index contributed by atoms with van der Waals surface area (Å²) >= 11 is 4.34. The summed E-state index contributed by atoms with van der Waals surface area (Å²) in [6.45, 7) is 4.75. The van der Waals surface area contributed by atoms with Crippen molar-refractivity contribution < 1.29 is 63.2 Å². The maximum Gasteiger partial charge on any atom is 0.352 e. The Hall–Kier alpha value is -5.52. The van der Waals surface area contributed by atoms with E-state index in [0.717, 1.165) is 46.3 Å². The summed E-state index contributed by atoms with van der Waals surface area (Å²) < 4.78 is 10.7. The number of fused-ring (bicyclic) bond motifs is 1. The van der Waals surface area contributed by atoms with Crippen LogP contribution in [0.2, 0.25) is 0 Å². The Bertz CT molecular complexity index is 2180. The van der Waals surface area contributed by atoms with Crippen LogP contribution in [-0.2, 0) is 44.8 Å². The molecule has 0 bridgehead atoms. The Morgan fingerprint density at radius 1 is 1.07 bits per heavy atom.